The van der Waals surface area contributed by atoms with Crippen molar-refractivity contribution in [3.63, 3.8) is 0 Å². The lowest BCUT2D eigenvalue weighted by atomic mass is 10.0. The van der Waals surface area contributed by atoms with E-state index in [-0.39, 0.29) is 11.8 Å². The molecule has 0 aromatic heterocycles. The number of carbonyl (C=O) groups is 2. The number of para-hydroxylation sites is 1. The molecular weight excluding hydrogens is 340 g/mol. The molecule has 2 amide bonds. The van der Waals surface area contributed by atoms with Crippen LogP contribution < -0.4 is 15.4 Å². The highest BCUT2D eigenvalue weighted by molar-refractivity contribution is 6.32. The summed E-state index contributed by atoms with van der Waals surface area (Å²) in [6, 6.07) is 12.5. The smallest absolute Gasteiger partial charge is 0.240 e. The quantitative estimate of drug-likeness (QED) is 0.793. The predicted octanol–water partition coefficient (Wildman–Crippen LogP) is 4.01. The van der Waals surface area contributed by atoms with Crippen LogP contribution in [0.2, 0.25) is 5.02 Å². The van der Waals surface area contributed by atoms with Crippen LogP contribution in [0.15, 0.2) is 42.5 Å². The highest BCUT2D eigenvalue weighted by Gasteiger charge is 2.56. The number of nitrogens with one attached hydrogen (secondary N) is 2. The minimum atomic E-state index is -1.02. The third kappa shape index (κ3) is 3.46. The molecule has 0 bridgehead atoms. The molecule has 0 unspecified atom stereocenters. The first kappa shape index (κ1) is 17.3. The summed E-state index contributed by atoms with van der Waals surface area (Å²) in [7, 11) is 1.52. The Kier molecular flexibility index (Phi) is 4.68. The maximum atomic E-state index is 12.6. The van der Waals surface area contributed by atoms with Gasteiger partial charge in [-0.25, -0.2) is 0 Å². The minimum Gasteiger partial charge on any atom is -0.495 e. The van der Waals surface area contributed by atoms with Crippen LogP contribution in [-0.2, 0) is 9.59 Å². The average Bonchev–Trinajstić information content (AvgIpc) is 3.39. The zero-order chi connectivity index (χ0) is 18.0. The van der Waals surface area contributed by atoms with E-state index in [0.29, 0.717) is 29.3 Å². The lowest BCUT2D eigenvalue weighted by molar-refractivity contribution is -0.131. The summed E-state index contributed by atoms with van der Waals surface area (Å²) in [5, 5.41) is 6.04. The predicted molar refractivity (Wildman–Crippen MR) is 98.1 cm³/mol. The molecule has 0 aliphatic heterocycles. The van der Waals surface area contributed by atoms with E-state index in [0.717, 1.165) is 11.3 Å². The number of halogens is 1. The SMILES string of the molecule is COc1ccc(NC(=O)C2(C(=O)Nc3ccccc3C)CC2)cc1Cl. The molecule has 25 heavy (non-hydrogen) atoms. The lowest BCUT2D eigenvalue weighted by Gasteiger charge is -2.17. The van der Waals surface area contributed by atoms with Crippen molar-refractivity contribution in [3.05, 3.63) is 53.1 Å². The molecule has 5 nitrogen and oxygen atoms in total. The molecule has 1 aliphatic carbocycles. The van der Waals surface area contributed by atoms with Crippen LogP contribution in [0.5, 0.6) is 5.75 Å². The standard InChI is InChI=1S/C19H19ClN2O3/c1-12-5-3-4-6-15(12)22-18(24)19(9-10-19)17(23)21-13-7-8-16(25-2)14(20)11-13/h3-8,11H,9-10H2,1-2H3,(H,21,23)(H,22,24). The van der Waals surface area contributed by atoms with Gasteiger partial charge in [-0.05, 0) is 49.6 Å². The van der Waals surface area contributed by atoms with E-state index in [1.807, 2.05) is 31.2 Å². The van der Waals surface area contributed by atoms with Gasteiger partial charge in [-0.1, -0.05) is 29.8 Å². The highest BCUT2D eigenvalue weighted by atomic mass is 35.5. The minimum absolute atomic E-state index is 0.279. The molecule has 0 spiro atoms. The Morgan fingerprint density at radius 2 is 1.76 bits per heavy atom. The van der Waals surface area contributed by atoms with Gasteiger partial charge in [0, 0.05) is 11.4 Å². The van der Waals surface area contributed by atoms with Gasteiger partial charge in [-0.3, -0.25) is 9.59 Å². The van der Waals surface area contributed by atoms with Crippen molar-refractivity contribution in [2.24, 2.45) is 5.41 Å². The van der Waals surface area contributed by atoms with Gasteiger partial charge in [-0.15, -0.1) is 0 Å². The van der Waals surface area contributed by atoms with Crippen LogP contribution >= 0.6 is 11.6 Å². The van der Waals surface area contributed by atoms with Crippen molar-refractivity contribution in [2.45, 2.75) is 19.8 Å². The number of aryl methyl sites for hydroxylation is 1. The van der Waals surface area contributed by atoms with E-state index in [1.54, 1.807) is 18.2 Å². The fraction of sp³-hybridized carbons (Fsp3) is 0.263. The molecule has 0 radical (unpaired) electrons. The van der Waals surface area contributed by atoms with Crippen LogP contribution in [0.4, 0.5) is 11.4 Å². The molecule has 130 valence electrons. The fourth-order valence-electron chi connectivity index (χ4n) is 2.63. The molecule has 6 heteroatoms. The monoisotopic (exact) mass is 358 g/mol. The summed E-state index contributed by atoms with van der Waals surface area (Å²) in [6.45, 7) is 1.91. The van der Waals surface area contributed by atoms with Crippen molar-refractivity contribution in [3.8, 4) is 5.75 Å². The molecule has 0 atom stereocenters. The number of hydrogen-bond donors (Lipinski definition) is 2. The Morgan fingerprint density at radius 3 is 2.36 bits per heavy atom. The third-order valence-corrected chi connectivity index (χ3v) is 4.72. The van der Waals surface area contributed by atoms with Crippen molar-refractivity contribution < 1.29 is 14.3 Å². The number of rotatable bonds is 5. The Balaban J connectivity index is 1.72. The molecule has 1 fully saturated rings. The number of benzene rings is 2. The normalized spacial score (nSPS) is 14.5. The summed E-state index contributed by atoms with van der Waals surface area (Å²) in [5.41, 5.74) is 1.19. The summed E-state index contributed by atoms with van der Waals surface area (Å²) in [6.07, 6.45) is 1.06. The molecule has 1 saturated carbocycles. The second-order valence-electron chi connectivity index (χ2n) is 6.15. The Morgan fingerprint density at radius 1 is 1.08 bits per heavy atom. The largest absolute Gasteiger partial charge is 0.495 e. The second-order valence-corrected chi connectivity index (χ2v) is 6.56. The number of methoxy groups -OCH3 is 1. The van der Waals surface area contributed by atoms with Crippen molar-refractivity contribution in [2.75, 3.05) is 17.7 Å². The molecule has 0 heterocycles. The maximum Gasteiger partial charge on any atom is 0.240 e. The van der Waals surface area contributed by atoms with Gasteiger partial charge in [0.1, 0.15) is 11.2 Å². The zero-order valence-electron chi connectivity index (χ0n) is 14.1. The molecular formula is C19H19ClN2O3. The van der Waals surface area contributed by atoms with Gasteiger partial charge < -0.3 is 15.4 Å². The topological polar surface area (TPSA) is 67.4 Å². The average molecular weight is 359 g/mol. The van der Waals surface area contributed by atoms with Gasteiger partial charge in [0.15, 0.2) is 0 Å². The first-order valence-electron chi connectivity index (χ1n) is 7.98. The first-order valence-corrected chi connectivity index (χ1v) is 8.36. The van der Waals surface area contributed by atoms with E-state index in [1.165, 1.54) is 7.11 Å². The van der Waals surface area contributed by atoms with Crippen LogP contribution in [0.3, 0.4) is 0 Å². The van der Waals surface area contributed by atoms with E-state index >= 15 is 0 Å². The molecule has 2 aromatic carbocycles. The molecule has 3 rings (SSSR count). The van der Waals surface area contributed by atoms with E-state index in [4.69, 9.17) is 16.3 Å². The lowest BCUT2D eigenvalue weighted by Crippen LogP contribution is -2.35. The van der Waals surface area contributed by atoms with Crippen LogP contribution in [0, 0.1) is 12.3 Å². The number of anilines is 2. The summed E-state index contributed by atoms with van der Waals surface area (Å²) >= 11 is 6.07. The van der Waals surface area contributed by atoms with Crippen LogP contribution in [-0.4, -0.2) is 18.9 Å². The second kappa shape index (κ2) is 6.76. The first-order chi connectivity index (χ1) is 12.0. The van der Waals surface area contributed by atoms with Crippen LogP contribution in [0.1, 0.15) is 18.4 Å². The molecule has 2 aromatic rings. The highest BCUT2D eigenvalue weighted by Crippen LogP contribution is 2.47. The molecule has 0 saturated heterocycles. The van der Waals surface area contributed by atoms with Gasteiger partial charge in [0.05, 0.1) is 12.1 Å². The van der Waals surface area contributed by atoms with E-state index in [2.05, 4.69) is 10.6 Å². The maximum absolute atomic E-state index is 12.6. The van der Waals surface area contributed by atoms with E-state index < -0.39 is 5.41 Å². The zero-order valence-corrected chi connectivity index (χ0v) is 14.8. The number of ether oxygens (including phenoxy) is 1. The fourth-order valence-corrected chi connectivity index (χ4v) is 2.89. The Labute approximate surface area is 151 Å². The van der Waals surface area contributed by atoms with Gasteiger partial charge in [0.25, 0.3) is 0 Å². The van der Waals surface area contributed by atoms with E-state index in [9.17, 15) is 9.59 Å². The third-order valence-electron chi connectivity index (χ3n) is 4.42. The van der Waals surface area contributed by atoms with Crippen molar-refractivity contribution >= 4 is 34.8 Å². The van der Waals surface area contributed by atoms with Crippen molar-refractivity contribution in [1.29, 1.82) is 0 Å². The molecule has 2 N–H and O–H groups in total. The molecule has 1 aliphatic rings. The van der Waals surface area contributed by atoms with Crippen LogP contribution in [0.25, 0.3) is 0 Å². The Hall–Kier alpha value is -2.53. The van der Waals surface area contributed by atoms with Crippen molar-refractivity contribution in [1.82, 2.24) is 0 Å². The van der Waals surface area contributed by atoms with Gasteiger partial charge >= 0.3 is 0 Å². The Bertz CT molecular complexity index is 831. The summed E-state index contributed by atoms with van der Waals surface area (Å²) in [5.74, 6) is -0.0724. The summed E-state index contributed by atoms with van der Waals surface area (Å²) < 4.78 is 5.09. The number of amides is 2. The number of carbonyl (C=O) groups excluding carboxylic acids is 2. The van der Waals surface area contributed by atoms with Gasteiger partial charge in [0.2, 0.25) is 11.8 Å². The summed E-state index contributed by atoms with van der Waals surface area (Å²) in [4.78, 5) is 25.3. The van der Waals surface area contributed by atoms with Gasteiger partial charge in [-0.2, -0.15) is 0 Å². The number of hydrogen-bond acceptors (Lipinski definition) is 3.